The van der Waals surface area contributed by atoms with Gasteiger partial charge < -0.3 is 23.8 Å². The van der Waals surface area contributed by atoms with Crippen molar-refractivity contribution in [1.82, 2.24) is 4.90 Å². The molecule has 0 aliphatic heterocycles. The highest BCUT2D eigenvalue weighted by Gasteiger charge is 2.16. The van der Waals surface area contributed by atoms with Crippen LogP contribution in [0.2, 0.25) is 5.02 Å². The Bertz CT molecular complexity index is 756. The molecule has 7 heteroatoms. The van der Waals surface area contributed by atoms with Crippen LogP contribution in [0.4, 0.5) is 0 Å². The first-order chi connectivity index (χ1) is 13.0. The van der Waals surface area contributed by atoms with Crippen LogP contribution in [0.1, 0.15) is 5.56 Å². The van der Waals surface area contributed by atoms with Crippen molar-refractivity contribution in [3.05, 3.63) is 47.0 Å². The smallest absolute Gasteiger partial charge is 0.226 e. The van der Waals surface area contributed by atoms with Crippen molar-refractivity contribution in [3.63, 3.8) is 0 Å². The second kappa shape index (κ2) is 9.92. The van der Waals surface area contributed by atoms with Crippen LogP contribution in [-0.2, 0) is 11.2 Å². The summed E-state index contributed by atoms with van der Waals surface area (Å²) in [4.78, 5) is 14.1. The van der Waals surface area contributed by atoms with E-state index in [0.717, 1.165) is 5.56 Å². The van der Waals surface area contributed by atoms with Crippen molar-refractivity contribution in [2.45, 2.75) is 6.42 Å². The molecule has 0 saturated heterocycles. The van der Waals surface area contributed by atoms with E-state index in [9.17, 15) is 4.79 Å². The monoisotopic (exact) mass is 393 g/mol. The molecule has 2 aromatic carbocycles. The summed E-state index contributed by atoms with van der Waals surface area (Å²) in [7, 11) is 6.37. The molecule has 2 aromatic rings. The molecule has 0 heterocycles. The summed E-state index contributed by atoms with van der Waals surface area (Å²) in [6, 6.07) is 10.7. The van der Waals surface area contributed by atoms with E-state index in [0.29, 0.717) is 41.2 Å². The van der Waals surface area contributed by atoms with Gasteiger partial charge in [0.15, 0.2) is 11.5 Å². The number of rotatable bonds is 9. The van der Waals surface area contributed by atoms with E-state index in [-0.39, 0.29) is 12.3 Å². The number of ether oxygens (including phenoxy) is 4. The van der Waals surface area contributed by atoms with Gasteiger partial charge in [-0.2, -0.15) is 0 Å². The summed E-state index contributed by atoms with van der Waals surface area (Å²) in [6.07, 6.45) is 0.213. The Balaban J connectivity index is 1.95. The van der Waals surface area contributed by atoms with Crippen molar-refractivity contribution in [2.75, 3.05) is 41.5 Å². The Hall–Kier alpha value is -2.60. The molecule has 0 unspecified atom stereocenters. The molecule has 146 valence electrons. The van der Waals surface area contributed by atoms with Crippen LogP contribution < -0.4 is 18.9 Å². The van der Waals surface area contributed by atoms with Crippen molar-refractivity contribution in [1.29, 1.82) is 0 Å². The largest absolute Gasteiger partial charge is 0.493 e. The van der Waals surface area contributed by atoms with E-state index in [2.05, 4.69) is 0 Å². The zero-order chi connectivity index (χ0) is 19.8. The van der Waals surface area contributed by atoms with Crippen LogP contribution in [0.3, 0.4) is 0 Å². The number of halogens is 1. The summed E-state index contributed by atoms with van der Waals surface area (Å²) in [6.45, 7) is 0.827. The number of amides is 1. The molecule has 0 aliphatic carbocycles. The number of carbonyl (C=O) groups is 1. The molecule has 0 atom stereocenters. The molecule has 2 rings (SSSR count). The Labute approximate surface area is 164 Å². The fraction of sp³-hybridized carbons (Fsp3) is 0.350. The highest BCUT2D eigenvalue weighted by Crippen LogP contribution is 2.38. The van der Waals surface area contributed by atoms with Crippen LogP contribution in [-0.4, -0.2) is 52.3 Å². The van der Waals surface area contributed by atoms with E-state index in [1.165, 1.54) is 0 Å². The van der Waals surface area contributed by atoms with Gasteiger partial charge in [-0.3, -0.25) is 4.79 Å². The Kier molecular flexibility index (Phi) is 7.61. The minimum atomic E-state index is -0.0426. The molecule has 27 heavy (non-hydrogen) atoms. The van der Waals surface area contributed by atoms with Crippen LogP contribution in [0.5, 0.6) is 23.0 Å². The van der Waals surface area contributed by atoms with Gasteiger partial charge in [-0.25, -0.2) is 0 Å². The lowest BCUT2D eigenvalue weighted by molar-refractivity contribution is -0.129. The maximum atomic E-state index is 12.5. The van der Waals surface area contributed by atoms with Gasteiger partial charge >= 0.3 is 0 Å². The third-order valence-corrected chi connectivity index (χ3v) is 4.23. The third-order valence-electron chi connectivity index (χ3n) is 4.00. The number of likely N-dealkylation sites (N-methyl/N-ethyl adjacent to an activating group) is 1. The van der Waals surface area contributed by atoms with Crippen molar-refractivity contribution < 1.29 is 23.7 Å². The zero-order valence-corrected chi connectivity index (χ0v) is 16.7. The quantitative estimate of drug-likeness (QED) is 0.653. The molecular weight excluding hydrogens is 370 g/mol. The van der Waals surface area contributed by atoms with Crippen molar-refractivity contribution >= 4 is 17.5 Å². The molecule has 0 fully saturated rings. The summed E-state index contributed by atoms with van der Waals surface area (Å²) >= 11 is 5.92. The molecule has 0 bridgehead atoms. The molecule has 0 aliphatic rings. The van der Waals surface area contributed by atoms with E-state index in [4.69, 9.17) is 30.5 Å². The topological polar surface area (TPSA) is 57.2 Å². The van der Waals surface area contributed by atoms with Crippen molar-refractivity contribution in [2.24, 2.45) is 0 Å². The van der Waals surface area contributed by atoms with E-state index >= 15 is 0 Å². The maximum Gasteiger partial charge on any atom is 0.226 e. The van der Waals surface area contributed by atoms with Gasteiger partial charge in [0.1, 0.15) is 12.4 Å². The number of carbonyl (C=O) groups excluding carboxylic acids is 1. The summed E-state index contributed by atoms with van der Waals surface area (Å²) in [5.41, 5.74) is 0.775. The van der Waals surface area contributed by atoms with Gasteiger partial charge in [0.25, 0.3) is 0 Å². The number of methoxy groups -OCH3 is 3. The predicted octanol–water partition coefficient (Wildman–Crippen LogP) is 3.45. The molecule has 0 aromatic heterocycles. The molecule has 0 saturated carbocycles. The lowest BCUT2D eigenvalue weighted by Gasteiger charge is -2.19. The molecule has 0 radical (unpaired) electrons. The van der Waals surface area contributed by atoms with Gasteiger partial charge in [0.05, 0.1) is 34.3 Å². The fourth-order valence-electron chi connectivity index (χ4n) is 2.53. The first-order valence-electron chi connectivity index (χ1n) is 8.39. The Morgan fingerprint density at radius 1 is 1.04 bits per heavy atom. The zero-order valence-electron chi connectivity index (χ0n) is 16.0. The summed E-state index contributed by atoms with van der Waals surface area (Å²) in [5, 5.41) is 0.610. The highest BCUT2D eigenvalue weighted by atomic mass is 35.5. The molecular formula is C20H24ClNO5. The summed E-state index contributed by atoms with van der Waals surface area (Å²) in [5.74, 6) is 2.17. The molecule has 1 amide bonds. The third kappa shape index (κ3) is 5.69. The average molecular weight is 394 g/mol. The van der Waals surface area contributed by atoms with Gasteiger partial charge in [-0.05, 0) is 35.9 Å². The molecule has 0 spiro atoms. The van der Waals surface area contributed by atoms with Gasteiger partial charge in [0, 0.05) is 12.1 Å². The van der Waals surface area contributed by atoms with E-state index in [1.807, 2.05) is 12.1 Å². The second-order valence-electron chi connectivity index (χ2n) is 5.83. The first-order valence-corrected chi connectivity index (χ1v) is 8.77. The van der Waals surface area contributed by atoms with Crippen LogP contribution in [0.15, 0.2) is 36.4 Å². The summed E-state index contributed by atoms with van der Waals surface area (Å²) < 4.78 is 21.6. The Morgan fingerprint density at radius 2 is 1.70 bits per heavy atom. The standard InChI is InChI=1S/C20H24ClNO5/c1-22(8-9-27-16-7-5-6-15(21)13-16)19(23)12-14-10-17(24-2)20(26-4)18(11-14)25-3/h5-7,10-11,13H,8-9,12H2,1-4H3. The molecule has 6 nitrogen and oxygen atoms in total. The number of hydrogen-bond acceptors (Lipinski definition) is 5. The second-order valence-corrected chi connectivity index (χ2v) is 6.27. The predicted molar refractivity (Wildman–Crippen MR) is 104 cm³/mol. The highest BCUT2D eigenvalue weighted by molar-refractivity contribution is 6.30. The Morgan fingerprint density at radius 3 is 2.26 bits per heavy atom. The van der Waals surface area contributed by atoms with Gasteiger partial charge in [-0.1, -0.05) is 17.7 Å². The van der Waals surface area contributed by atoms with Crippen molar-refractivity contribution in [3.8, 4) is 23.0 Å². The first kappa shape index (κ1) is 20.7. The SMILES string of the molecule is COc1cc(CC(=O)N(C)CCOc2cccc(Cl)c2)cc(OC)c1OC. The minimum absolute atomic E-state index is 0.0426. The minimum Gasteiger partial charge on any atom is -0.493 e. The van der Waals surface area contributed by atoms with Crippen LogP contribution in [0, 0.1) is 0 Å². The van der Waals surface area contributed by atoms with E-state index in [1.54, 1.807) is 57.5 Å². The number of hydrogen-bond donors (Lipinski definition) is 0. The molecule has 0 N–H and O–H groups in total. The number of benzene rings is 2. The normalized spacial score (nSPS) is 10.3. The van der Waals surface area contributed by atoms with Crippen LogP contribution >= 0.6 is 11.6 Å². The maximum absolute atomic E-state index is 12.5. The average Bonchev–Trinajstić information content (AvgIpc) is 2.67. The van der Waals surface area contributed by atoms with Gasteiger partial charge in [0.2, 0.25) is 11.7 Å². The fourth-order valence-corrected chi connectivity index (χ4v) is 2.71. The van der Waals surface area contributed by atoms with Gasteiger partial charge in [-0.15, -0.1) is 0 Å². The van der Waals surface area contributed by atoms with E-state index < -0.39 is 0 Å². The lowest BCUT2D eigenvalue weighted by Crippen LogP contribution is -2.32. The number of nitrogens with zero attached hydrogens (tertiary/aromatic N) is 1. The lowest BCUT2D eigenvalue weighted by atomic mass is 10.1. The van der Waals surface area contributed by atoms with Crippen LogP contribution in [0.25, 0.3) is 0 Å².